The Morgan fingerprint density at radius 1 is 1.17 bits per heavy atom. The van der Waals surface area contributed by atoms with E-state index in [9.17, 15) is 9.59 Å². The van der Waals surface area contributed by atoms with Crippen LogP contribution in [0.25, 0.3) is 33.3 Å². The lowest BCUT2D eigenvalue weighted by Gasteiger charge is -2.22. The number of ketones is 1. The highest BCUT2D eigenvalue weighted by atomic mass is 16.5. The summed E-state index contributed by atoms with van der Waals surface area (Å²) in [6.45, 7) is 3.67. The van der Waals surface area contributed by atoms with Crippen molar-refractivity contribution in [2.24, 2.45) is 5.92 Å². The first-order valence-electron chi connectivity index (χ1n) is 9.75. The summed E-state index contributed by atoms with van der Waals surface area (Å²) in [6, 6.07) is 3.90. The SMILES string of the molecule is CC(=O)c1c[nH]c2ncc(-c3cnc4[nH]c(=O)n(CC5CCOCC5)c4c3)cc12. The van der Waals surface area contributed by atoms with E-state index in [2.05, 4.69) is 19.9 Å². The highest BCUT2D eigenvalue weighted by molar-refractivity contribution is 6.06. The Morgan fingerprint density at radius 2 is 1.90 bits per heavy atom. The predicted molar refractivity (Wildman–Crippen MR) is 109 cm³/mol. The number of fused-ring (bicyclic) bond motifs is 2. The second-order valence-electron chi connectivity index (χ2n) is 7.57. The van der Waals surface area contributed by atoms with Gasteiger partial charge in [0.05, 0.1) is 5.52 Å². The van der Waals surface area contributed by atoms with E-state index in [0.717, 1.165) is 48.1 Å². The summed E-state index contributed by atoms with van der Waals surface area (Å²) in [4.78, 5) is 39.1. The average molecular weight is 391 g/mol. The van der Waals surface area contributed by atoms with Gasteiger partial charge < -0.3 is 9.72 Å². The molecule has 4 aromatic rings. The molecule has 0 amide bonds. The Labute approximate surface area is 165 Å². The minimum Gasteiger partial charge on any atom is -0.381 e. The zero-order chi connectivity index (χ0) is 20.0. The molecule has 1 saturated heterocycles. The van der Waals surface area contributed by atoms with Crippen molar-refractivity contribution in [3.63, 3.8) is 0 Å². The number of hydrogen-bond acceptors (Lipinski definition) is 5. The van der Waals surface area contributed by atoms with E-state index < -0.39 is 0 Å². The third-order valence-corrected chi connectivity index (χ3v) is 5.65. The molecule has 0 saturated carbocycles. The lowest BCUT2D eigenvalue weighted by molar-refractivity contribution is 0.0613. The molecule has 29 heavy (non-hydrogen) atoms. The fraction of sp³-hybridized carbons (Fsp3) is 0.333. The number of nitrogens with zero attached hydrogens (tertiary/aromatic N) is 3. The van der Waals surface area contributed by atoms with Crippen molar-refractivity contribution in [3.8, 4) is 11.1 Å². The Hall–Kier alpha value is -3.26. The van der Waals surface area contributed by atoms with Crippen LogP contribution in [-0.2, 0) is 11.3 Å². The van der Waals surface area contributed by atoms with Crippen LogP contribution < -0.4 is 5.69 Å². The molecule has 0 unspecified atom stereocenters. The maximum atomic E-state index is 12.5. The van der Waals surface area contributed by atoms with Gasteiger partial charge in [-0.2, -0.15) is 0 Å². The van der Waals surface area contributed by atoms with Gasteiger partial charge >= 0.3 is 5.69 Å². The van der Waals surface area contributed by atoms with Crippen LogP contribution >= 0.6 is 0 Å². The fourth-order valence-corrected chi connectivity index (χ4v) is 4.01. The number of nitrogens with one attached hydrogen (secondary N) is 2. The number of carbonyl (C=O) groups excluding carboxylic acids is 1. The number of pyridine rings is 2. The monoisotopic (exact) mass is 391 g/mol. The van der Waals surface area contributed by atoms with Gasteiger partial charge in [-0.25, -0.2) is 14.8 Å². The summed E-state index contributed by atoms with van der Waals surface area (Å²) < 4.78 is 7.20. The van der Waals surface area contributed by atoms with E-state index >= 15 is 0 Å². The van der Waals surface area contributed by atoms with Gasteiger partial charge in [-0.05, 0) is 37.8 Å². The Kier molecular flexibility index (Phi) is 4.28. The number of H-pyrrole nitrogens is 2. The molecule has 1 aliphatic rings. The summed E-state index contributed by atoms with van der Waals surface area (Å²) in [5, 5.41) is 0.781. The van der Waals surface area contributed by atoms with Gasteiger partial charge in [0.2, 0.25) is 0 Å². The molecule has 0 aliphatic carbocycles. The molecule has 2 N–H and O–H groups in total. The van der Waals surface area contributed by atoms with Crippen molar-refractivity contribution >= 4 is 28.0 Å². The zero-order valence-corrected chi connectivity index (χ0v) is 16.1. The van der Waals surface area contributed by atoms with E-state index in [4.69, 9.17) is 4.74 Å². The fourth-order valence-electron chi connectivity index (χ4n) is 4.01. The maximum absolute atomic E-state index is 12.5. The van der Waals surface area contributed by atoms with E-state index in [1.54, 1.807) is 23.2 Å². The van der Waals surface area contributed by atoms with Gasteiger partial charge in [-0.15, -0.1) is 0 Å². The molecular weight excluding hydrogens is 370 g/mol. The third kappa shape index (κ3) is 3.15. The minimum absolute atomic E-state index is 0.0142. The van der Waals surface area contributed by atoms with E-state index in [1.165, 1.54) is 6.92 Å². The summed E-state index contributed by atoms with van der Waals surface area (Å²) in [5.74, 6) is 0.403. The van der Waals surface area contributed by atoms with Gasteiger partial charge in [0.15, 0.2) is 11.4 Å². The molecule has 1 fully saturated rings. The number of Topliss-reactive ketones (excluding diaryl/α,β-unsaturated/α-hetero) is 1. The van der Waals surface area contributed by atoms with Crippen molar-refractivity contribution in [1.29, 1.82) is 0 Å². The maximum Gasteiger partial charge on any atom is 0.327 e. The number of ether oxygens (including phenoxy) is 1. The first-order chi connectivity index (χ1) is 14.1. The van der Waals surface area contributed by atoms with Crippen LogP contribution in [0.5, 0.6) is 0 Å². The normalized spacial score (nSPS) is 15.3. The highest BCUT2D eigenvalue weighted by Gasteiger charge is 2.18. The van der Waals surface area contributed by atoms with Crippen LogP contribution in [0, 0.1) is 5.92 Å². The topological polar surface area (TPSA) is 106 Å². The third-order valence-electron chi connectivity index (χ3n) is 5.65. The average Bonchev–Trinajstić information content (AvgIpc) is 3.29. The molecular formula is C21H21N5O3. The van der Waals surface area contributed by atoms with Gasteiger partial charge in [0.1, 0.15) is 5.65 Å². The molecule has 8 nitrogen and oxygen atoms in total. The van der Waals surface area contributed by atoms with Crippen LogP contribution in [0.3, 0.4) is 0 Å². The number of aromatic amines is 2. The number of carbonyl (C=O) groups is 1. The van der Waals surface area contributed by atoms with Crippen LogP contribution in [0.1, 0.15) is 30.1 Å². The molecule has 0 bridgehead atoms. The van der Waals surface area contributed by atoms with Crippen LogP contribution in [-0.4, -0.2) is 43.5 Å². The first kappa shape index (κ1) is 17.8. The smallest absolute Gasteiger partial charge is 0.327 e. The summed E-state index contributed by atoms with van der Waals surface area (Å²) in [5.41, 5.74) is 4.19. The highest BCUT2D eigenvalue weighted by Crippen LogP contribution is 2.27. The molecule has 0 aromatic carbocycles. The number of rotatable bonds is 4. The molecule has 1 aliphatic heterocycles. The molecule has 0 atom stereocenters. The largest absolute Gasteiger partial charge is 0.381 e. The van der Waals surface area contributed by atoms with Crippen LogP contribution in [0.2, 0.25) is 0 Å². The lowest BCUT2D eigenvalue weighted by Crippen LogP contribution is -2.25. The summed E-state index contributed by atoms with van der Waals surface area (Å²) in [6.07, 6.45) is 7.06. The lowest BCUT2D eigenvalue weighted by atomic mass is 10.0. The molecule has 5 rings (SSSR count). The number of hydrogen-bond donors (Lipinski definition) is 2. The second-order valence-corrected chi connectivity index (χ2v) is 7.57. The van der Waals surface area contributed by atoms with Crippen molar-refractivity contribution in [2.45, 2.75) is 26.3 Å². The van der Waals surface area contributed by atoms with E-state index in [-0.39, 0.29) is 11.5 Å². The zero-order valence-electron chi connectivity index (χ0n) is 16.1. The molecule has 0 spiro atoms. The van der Waals surface area contributed by atoms with Gasteiger partial charge in [-0.3, -0.25) is 14.3 Å². The van der Waals surface area contributed by atoms with Gasteiger partial charge in [0, 0.05) is 60.4 Å². The number of aromatic nitrogens is 5. The first-order valence-corrected chi connectivity index (χ1v) is 9.75. The van der Waals surface area contributed by atoms with Crippen molar-refractivity contribution in [2.75, 3.05) is 13.2 Å². The van der Waals surface area contributed by atoms with Crippen molar-refractivity contribution < 1.29 is 9.53 Å². The standard InChI is InChI=1S/C21H21N5O3/c1-12(27)17-10-24-19-16(17)6-14(8-22-19)15-7-18-20(23-9-15)25-21(28)26(18)11-13-2-4-29-5-3-13/h6-10,13H,2-5,11H2,1H3,(H,22,24)(H,23,25,28). The second kappa shape index (κ2) is 6.97. The van der Waals surface area contributed by atoms with Crippen LogP contribution in [0.15, 0.2) is 35.5 Å². The van der Waals surface area contributed by atoms with Crippen LogP contribution in [0.4, 0.5) is 0 Å². The van der Waals surface area contributed by atoms with Gasteiger partial charge in [0.25, 0.3) is 0 Å². The summed E-state index contributed by atoms with van der Waals surface area (Å²) in [7, 11) is 0. The van der Waals surface area contributed by atoms with E-state index in [0.29, 0.717) is 29.3 Å². The summed E-state index contributed by atoms with van der Waals surface area (Å²) >= 11 is 0. The number of imidazole rings is 1. The molecule has 148 valence electrons. The van der Waals surface area contributed by atoms with Crippen molar-refractivity contribution in [3.05, 3.63) is 46.8 Å². The Morgan fingerprint density at radius 3 is 2.66 bits per heavy atom. The van der Waals surface area contributed by atoms with Gasteiger partial charge in [-0.1, -0.05) is 0 Å². The Bertz CT molecular complexity index is 1280. The molecule has 5 heterocycles. The predicted octanol–water partition coefficient (Wildman–Crippen LogP) is 2.90. The molecule has 0 radical (unpaired) electrons. The molecule has 8 heteroatoms. The minimum atomic E-state index is -0.144. The van der Waals surface area contributed by atoms with E-state index in [1.807, 2.05) is 12.1 Å². The molecule has 4 aromatic heterocycles. The quantitative estimate of drug-likeness (QED) is 0.520. The Balaban J connectivity index is 1.58. The van der Waals surface area contributed by atoms with Crippen molar-refractivity contribution in [1.82, 2.24) is 24.5 Å².